The normalized spacial score (nSPS) is 10.6. The predicted octanol–water partition coefficient (Wildman–Crippen LogP) is 4.44. The molecule has 2 aromatic rings. The van der Waals surface area contributed by atoms with E-state index in [1.807, 2.05) is 0 Å². The number of nitrogens with zero attached hydrogens (tertiary/aromatic N) is 2. The minimum atomic E-state index is -0.102. The molecule has 0 aliphatic rings. The highest BCUT2D eigenvalue weighted by molar-refractivity contribution is 6.37. The molecular formula is C13H8Cl4N2O. The van der Waals surface area contributed by atoms with E-state index in [1.54, 1.807) is 0 Å². The van der Waals surface area contributed by atoms with Crippen molar-refractivity contribution in [2.45, 2.75) is 12.8 Å². The van der Waals surface area contributed by atoms with Crippen LogP contribution in [0.2, 0.25) is 20.1 Å². The molecule has 0 radical (unpaired) electrons. The molecule has 0 saturated heterocycles. The first-order valence-electron chi connectivity index (χ1n) is 5.56. The smallest absolute Gasteiger partial charge is 0.141 e. The Labute approximate surface area is 135 Å². The molecule has 0 aliphatic heterocycles. The SMILES string of the molecule is O=C(Cc1c(Cl)cncc1Cl)Cc1c(Cl)cncc1Cl. The number of hydrogen-bond donors (Lipinski definition) is 0. The number of ketones is 1. The lowest BCUT2D eigenvalue weighted by molar-refractivity contribution is -0.117. The Bertz CT molecular complexity index is 565. The zero-order valence-corrected chi connectivity index (χ0v) is 13.1. The number of hydrogen-bond acceptors (Lipinski definition) is 3. The second-order valence-electron chi connectivity index (χ2n) is 4.06. The summed E-state index contributed by atoms with van der Waals surface area (Å²) in [5.74, 6) is -0.102. The van der Waals surface area contributed by atoms with Crippen molar-refractivity contribution in [2.75, 3.05) is 0 Å². The average molecular weight is 350 g/mol. The van der Waals surface area contributed by atoms with E-state index in [9.17, 15) is 4.79 Å². The highest BCUT2D eigenvalue weighted by Gasteiger charge is 2.15. The van der Waals surface area contributed by atoms with Gasteiger partial charge in [-0.2, -0.15) is 0 Å². The van der Waals surface area contributed by atoms with Gasteiger partial charge in [0.1, 0.15) is 5.78 Å². The molecule has 3 nitrogen and oxygen atoms in total. The zero-order chi connectivity index (χ0) is 14.7. The van der Waals surface area contributed by atoms with Crippen molar-refractivity contribution in [1.82, 2.24) is 9.97 Å². The summed E-state index contributed by atoms with van der Waals surface area (Å²) in [6.07, 6.45) is 5.97. The quantitative estimate of drug-likeness (QED) is 0.819. The molecule has 2 rings (SSSR count). The van der Waals surface area contributed by atoms with Crippen LogP contribution in [0.5, 0.6) is 0 Å². The Morgan fingerprint density at radius 2 is 1.05 bits per heavy atom. The van der Waals surface area contributed by atoms with Gasteiger partial charge >= 0.3 is 0 Å². The molecule has 0 atom stereocenters. The minimum absolute atomic E-state index is 0.0924. The number of carbonyl (C=O) groups is 1. The van der Waals surface area contributed by atoms with E-state index in [4.69, 9.17) is 46.4 Å². The highest BCUT2D eigenvalue weighted by atomic mass is 35.5. The molecule has 0 amide bonds. The second-order valence-corrected chi connectivity index (χ2v) is 5.68. The lowest BCUT2D eigenvalue weighted by Gasteiger charge is -2.08. The minimum Gasteiger partial charge on any atom is -0.299 e. The monoisotopic (exact) mass is 348 g/mol. The van der Waals surface area contributed by atoms with Gasteiger partial charge in [-0.05, 0) is 11.1 Å². The maximum absolute atomic E-state index is 12.1. The molecule has 7 heteroatoms. The second kappa shape index (κ2) is 6.72. The van der Waals surface area contributed by atoms with E-state index < -0.39 is 0 Å². The first-order valence-corrected chi connectivity index (χ1v) is 7.07. The van der Waals surface area contributed by atoms with E-state index >= 15 is 0 Å². The number of Topliss-reactive ketones (excluding diaryl/α,β-unsaturated/α-hetero) is 1. The van der Waals surface area contributed by atoms with Gasteiger partial charge in [-0.1, -0.05) is 46.4 Å². The van der Waals surface area contributed by atoms with Gasteiger partial charge in [-0.25, -0.2) is 0 Å². The van der Waals surface area contributed by atoms with Crippen LogP contribution in [0, 0.1) is 0 Å². The van der Waals surface area contributed by atoms with Gasteiger partial charge in [0.2, 0.25) is 0 Å². The lowest BCUT2D eigenvalue weighted by Crippen LogP contribution is -2.08. The molecule has 0 unspecified atom stereocenters. The summed E-state index contributed by atoms with van der Waals surface area (Å²) in [5.41, 5.74) is 1.10. The molecule has 2 aromatic heterocycles. The molecule has 2 heterocycles. The Morgan fingerprint density at radius 3 is 1.35 bits per heavy atom. The van der Waals surface area contributed by atoms with Crippen LogP contribution in [-0.4, -0.2) is 15.8 Å². The van der Waals surface area contributed by atoms with E-state index in [0.29, 0.717) is 31.2 Å². The van der Waals surface area contributed by atoms with Gasteiger partial charge in [0, 0.05) is 37.6 Å². The van der Waals surface area contributed by atoms with Crippen LogP contribution in [-0.2, 0) is 17.6 Å². The Morgan fingerprint density at radius 1 is 0.750 bits per heavy atom. The summed E-state index contributed by atoms with van der Waals surface area (Å²) in [6.45, 7) is 0. The summed E-state index contributed by atoms with van der Waals surface area (Å²) in [6, 6.07) is 0. The first kappa shape index (κ1) is 15.5. The third kappa shape index (κ3) is 3.61. The summed E-state index contributed by atoms with van der Waals surface area (Å²) >= 11 is 23.9. The summed E-state index contributed by atoms with van der Waals surface area (Å²) in [5, 5.41) is 1.44. The molecule has 104 valence electrons. The summed E-state index contributed by atoms with van der Waals surface area (Å²) in [7, 11) is 0. The number of carbonyl (C=O) groups excluding carboxylic acids is 1. The Hall–Kier alpha value is -0.870. The van der Waals surface area contributed by atoms with Gasteiger partial charge in [0.05, 0.1) is 20.1 Å². The number of aromatic nitrogens is 2. The summed E-state index contributed by atoms with van der Waals surface area (Å²) in [4.78, 5) is 19.8. The fourth-order valence-electron chi connectivity index (χ4n) is 1.67. The van der Waals surface area contributed by atoms with Crippen LogP contribution in [0.15, 0.2) is 24.8 Å². The van der Waals surface area contributed by atoms with Gasteiger partial charge in [0.15, 0.2) is 0 Å². The van der Waals surface area contributed by atoms with Crippen molar-refractivity contribution in [3.8, 4) is 0 Å². The van der Waals surface area contributed by atoms with Crippen molar-refractivity contribution in [1.29, 1.82) is 0 Å². The van der Waals surface area contributed by atoms with Gasteiger partial charge in [-0.15, -0.1) is 0 Å². The third-order valence-electron chi connectivity index (χ3n) is 2.65. The van der Waals surface area contributed by atoms with E-state index in [1.165, 1.54) is 24.8 Å². The molecule has 0 saturated carbocycles. The van der Waals surface area contributed by atoms with Crippen LogP contribution in [0.3, 0.4) is 0 Å². The predicted molar refractivity (Wildman–Crippen MR) is 80.9 cm³/mol. The van der Waals surface area contributed by atoms with Crippen LogP contribution in [0.25, 0.3) is 0 Å². The molecule has 0 aromatic carbocycles. The largest absolute Gasteiger partial charge is 0.299 e. The Balaban J connectivity index is 2.18. The molecule has 0 N–H and O–H groups in total. The first-order chi connectivity index (χ1) is 9.49. The Kier molecular flexibility index (Phi) is 5.22. The number of rotatable bonds is 4. The molecule has 0 bridgehead atoms. The average Bonchev–Trinajstić information content (AvgIpc) is 2.39. The van der Waals surface area contributed by atoms with E-state index in [0.717, 1.165) is 0 Å². The highest BCUT2D eigenvalue weighted by Crippen LogP contribution is 2.26. The van der Waals surface area contributed by atoms with Crippen molar-refractivity contribution in [3.05, 3.63) is 56.0 Å². The van der Waals surface area contributed by atoms with Crippen molar-refractivity contribution < 1.29 is 4.79 Å². The van der Waals surface area contributed by atoms with E-state index in [2.05, 4.69) is 9.97 Å². The van der Waals surface area contributed by atoms with Crippen molar-refractivity contribution in [3.63, 3.8) is 0 Å². The van der Waals surface area contributed by atoms with Crippen LogP contribution < -0.4 is 0 Å². The van der Waals surface area contributed by atoms with Gasteiger partial charge in [-0.3, -0.25) is 14.8 Å². The summed E-state index contributed by atoms with van der Waals surface area (Å²) < 4.78 is 0. The molecule has 0 fully saturated rings. The van der Waals surface area contributed by atoms with Crippen LogP contribution >= 0.6 is 46.4 Å². The van der Waals surface area contributed by atoms with Gasteiger partial charge < -0.3 is 0 Å². The van der Waals surface area contributed by atoms with Crippen molar-refractivity contribution in [2.24, 2.45) is 0 Å². The van der Waals surface area contributed by atoms with Gasteiger partial charge in [0.25, 0.3) is 0 Å². The topological polar surface area (TPSA) is 42.9 Å². The fourth-order valence-corrected chi connectivity index (χ4v) is 2.67. The zero-order valence-electron chi connectivity index (χ0n) is 10.0. The molecular weight excluding hydrogens is 342 g/mol. The maximum Gasteiger partial charge on any atom is 0.141 e. The lowest BCUT2D eigenvalue weighted by atomic mass is 10.0. The van der Waals surface area contributed by atoms with Crippen molar-refractivity contribution >= 4 is 52.2 Å². The van der Waals surface area contributed by atoms with Crippen LogP contribution in [0.4, 0.5) is 0 Å². The fraction of sp³-hybridized carbons (Fsp3) is 0.154. The third-order valence-corrected chi connectivity index (χ3v) is 3.96. The molecule has 0 aliphatic carbocycles. The maximum atomic E-state index is 12.1. The van der Waals surface area contributed by atoms with E-state index in [-0.39, 0.29) is 18.6 Å². The molecule has 20 heavy (non-hydrogen) atoms. The number of halogens is 4. The molecule has 0 spiro atoms. The van der Waals surface area contributed by atoms with Crippen LogP contribution in [0.1, 0.15) is 11.1 Å². The number of pyridine rings is 2. The standard InChI is InChI=1S/C13H8Cl4N2O/c14-10-3-18-4-11(15)8(10)1-7(20)2-9-12(16)5-19-6-13(9)17/h3-6H,1-2H2.